The van der Waals surface area contributed by atoms with Crippen molar-refractivity contribution in [1.29, 1.82) is 0 Å². The predicted molar refractivity (Wildman–Crippen MR) is 104 cm³/mol. The first kappa shape index (κ1) is 19.7. The highest BCUT2D eigenvalue weighted by molar-refractivity contribution is 5.98. The molecule has 0 radical (unpaired) electrons. The van der Waals surface area contributed by atoms with Crippen LogP contribution >= 0.6 is 0 Å². The molecule has 1 amide bonds. The van der Waals surface area contributed by atoms with E-state index in [-0.39, 0.29) is 30.6 Å². The van der Waals surface area contributed by atoms with Crippen molar-refractivity contribution in [3.63, 3.8) is 0 Å². The van der Waals surface area contributed by atoms with E-state index >= 15 is 0 Å². The number of Topliss-reactive ketones (excluding diaryl/α,β-unsaturated/α-hetero) is 1. The highest BCUT2D eigenvalue weighted by Crippen LogP contribution is 2.18. The van der Waals surface area contributed by atoms with Crippen LogP contribution in [0.1, 0.15) is 60.6 Å². The summed E-state index contributed by atoms with van der Waals surface area (Å²) in [5, 5.41) is 3.02. The molecule has 0 aliphatic heterocycles. The van der Waals surface area contributed by atoms with Gasteiger partial charge >= 0.3 is 0 Å². The number of aryl methyl sites for hydroxylation is 1. The van der Waals surface area contributed by atoms with E-state index in [0.29, 0.717) is 12.2 Å². The molecule has 2 rings (SSSR count). The Balaban J connectivity index is 1.86. The molecule has 1 N–H and O–H groups in total. The first-order valence-corrected chi connectivity index (χ1v) is 9.15. The average molecular weight is 353 g/mol. The molecule has 0 aliphatic rings. The van der Waals surface area contributed by atoms with Gasteiger partial charge in [-0.3, -0.25) is 9.59 Å². The van der Waals surface area contributed by atoms with Crippen LogP contribution in [0, 0.1) is 6.92 Å². The Hall–Kier alpha value is -2.62. The smallest absolute Gasteiger partial charge is 0.220 e. The summed E-state index contributed by atoms with van der Waals surface area (Å²) in [5.41, 5.74) is 2.88. The Bertz CT molecular complexity index is 720. The van der Waals surface area contributed by atoms with Crippen LogP contribution in [0.4, 0.5) is 0 Å². The van der Waals surface area contributed by atoms with E-state index in [4.69, 9.17) is 4.74 Å². The van der Waals surface area contributed by atoms with E-state index in [9.17, 15) is 9.59 Å². The third kappa shape index (κ3) is 5.73. The molecule has 0 bridgehead atoms. The minimum absolute atomic E-state index is 0.0244. The summed E-state index contributed by atoms with van der Waals surface area (Å²) in [6.45, 7) is 6.58. The monoisotopic (exact) mass is 353 g/mol. The van der Waals surface area contributed by atoms with Crippen LogP contribution in [0.25, 0.3) is 0 Å². The molecule has 0 aliphatic carbocycles. The molecule has 1 atom stereocenters. The van der Waals surface area contributed by atoms with Crippen LogP contribution < -0.4 is 10.1 Å². The molecule has 4 nitrogen and oxygen atoms in total. The quantitative estimate of drug-likeness (QED) is 0.669. The highest BCUT2D eigenvalue weighted by atomic mass is 16.5. The molecule has 26 heavy (non-hydrogen) atoms. The van der Waals surface area contributed by atoms with Crippen molar-refractivity contribution in [2.75, 3.05) is 6.61 Å². The van der Waals surface area contributed by atoms with Crippen LogP contribution in [0.5, 0.6) is 5.75 Å². The van der Waals surface area contributed by atoms with Crippen molar-refractivity contribution in [2.45, 2.75) is 46.1 Å². The lowest BCUT2D eigenvalue weighted by atomic mass is 10.0. The van der Waals surface area contributed by atoms with Gasteiger partial charge in [0.1, 0.15) is 5.75 Å². The van der Waals surface area contributed by atoms with Crippen LogP contribution in [0.15, 0.2) is 48.5 Å². The van der Waals surface area contributed by atoms with Crippen molar-refractivity contribution >= 4 is 11.7 Å². The molecule has 2 aromatic rings. The largest absolute Gasteiger partial charge is 0.494 e. The van der Waals surface area contributed by atoms with Gasteiger partial charge < -0.3 is 10.1 Å². The molecule has 138 valence electrons. The number of nitrogens with one attached hydrogen (secondary N) is 1. The summed E-state index contributed by atoms with van der Waals surface area (Å²) in [6, 6.07) is 15.2. The fraction of sp³-hybridized carbons (Fsp3) is 0.364. The van der Waals surface area contributed by atoms with Crippen molar-refractivity contribution in [1.82, 2.24) is 5.32 Å². The van der Waals surface area contributed by atoms with Gasteiger partial charge in [-0.25, -0.2) is 0 Å². The molecule has 0 spiro atoms. The first-order chi connectivity index (χ1) is 12.5. The summed E-state index contributed by atoms with van der Waals surface area (Å²) in [4.78, 5) is 24.5. The minimum atomic E-state index is -0.100. The lowest BCUT2D eigenvalue weighted by molar-refractivity contribution is -0.121. The minimum Gasteiger partial charge on any atom is -0.494 e. The van der Waals surface area contributed by atoms with Gasteiger partial charge in [0.2, 0.25) is 5.91 Å². The van der Waals surface area contributed by atoms with Crippen LogP contribution in [0.3, 0.4) is 0 Å². The molecule has 0 heterocycles. The number of ketones is 1. The molecule has 0 unspecified atom stereocenters. The second kappa shape index (κ2) is 9.76. The molecule has 2 aromatic carbocycles. The fourth-order valence-corrected chi connectivity index (χ4v) is 2.76. The number of benzene rings is 2. The number of carbonyl (C=O) groups is 2. The Morgan fingerprint density at radius 1 is 0.962 bits per heavy atom. The van der Waals surface area contributed by atoms with Gasteiger partial charge in [0.05, 0.1) is 12.6 Å². The van der Waals surface area contributed by atoms with Gasteiger partial charge in [-0.15, -0.1) is 0 Å². The fourth-order valence-electron chi connectivity index (χ4n) is 2.76. The number of hydrogen-bond acceptors (Lipinski definition) is 3. The van der Waals surface area contributed by atoms with Gasteiger partial charge in [-0.05, 0) is 50.1 Å². The second-order valence-electron chi connectivity index (χ2n) is 6.32. The molecule has 0 fully saturated rings. The predicted octanol–water partition coefficient (Wildman–Crippen LogP) is 4.62. The summed E-state index contributed by atoms with van der Waals surface area (Å²) >= 11 is 0. The summed E-state index contributed by atoms with van der Waals surface area (Å²) in [6.07, 6.45) is 1.19. The SMILES string of the molecule is CCOc1ccc(C(=O)CCC(=O)N[C@@H](CC)c2ccc(C)cc2)cc1. The Morgan fingerprint density at radius 3 is 2.19 bits per heavy atom. The van der Waals surface area contributed by atoms with Gasteiger partial charge in [0.25, 0.3) is 0 Å². The zero-order valence-corrected chi connectivity index (χ0v) is 15.7. The molecule has 0 aromatic heterocycles. The lowest BCUT2D eigenvalue weighted by Crippen LogP contribution is -2.28. The molecule has 4 heteroatoms. The molecular formula is C22H27NO3. The third-order valence-corrected chi connectivity index (χ3v) is 4.29. The van der Waals surface area contributed by atoms with Crippen molar-refractivity contribution in [3.8, 4) is 5.75 Å². The standard InChI is InChI=1S/C22H27NO3/c1-4-20(17-8-6-16(3)7-9-17)23-22(25)15-14-21(24)18-10-12-19(13-11-18)26-5-2/h6-13,20H,4-5,14-15H2,1-3H3,(H,23,25)/t20-/m0/s1. The van der Waals surface area contributed by atoms with E-state index in [1.54, 1.807) is 24.3 Å². The molecule has 0 saturated carbocycles. The van der Waals surface area contributed by atoms with Gasteiger partial charge in [-0.2, -0.15) is 0 Å². The maximum Gasteiger partial charge on any atom is 0.220 e. The van der Waals surface area contributed by atoms with Crippen molar-refractivity contribution < 1.29 is 14.3 Å². The lowest BCUT2D eigenvalue weighted by Gasteiger charge is -2.17. The van der Waals surface area contributed by atoms with Crippen LogP contribution in [-0.4, -0.2) is 18.3 Å². The second-order valence-corrected chi connectivity index (χ2v) is 6.32. The Morgan fingerprint density at radius 2 is 1.62 bits per heavy atom. The van der Waals surface area contributed by atoms with E-state index in [2.05, 4.69) is 5.32 Å². The Kier molecular flexibility index (Phi) is 7.39. The maximum absolute atomic E-state index is 12.3. The van der Waals surface area contributed by atoms with E-state index < -0.39 is 0 Å². The summed E-state index contributed by atoms with van der Waals surface area (Å²) < 4.78 is 5.37. The molecule has 0 saturated heterocycles. The van der Waals surface area contributed by atoms with Gasteiger partial charge in [0.15, 0.2) is 5.78 Å². The average Bonchev–Trinajstić information content (AvgIpc) is 2.66. The normalized spacial score (nSPS) is 11.7. The highest BCUT2D eigenvalue weighted by Gasteiger charge is 2.14. The number of hydrogen-bond donors (Lipinski definition) is 1. The van der Waals surface area contributed by atoms with Gasteiger partial charge in [0, 0.05) is 18.4 Å². The van der Waals surface area contributed by atoms with Crippen LogP contribution in [0.2, 0.25) is 0 Å². The topological polar surface area (TPSA) is 55.4 Å². The number of ether oxygens (including phenoxy) is 1. The van der Waals surface area contributed by atoms with Crippen molar-refractivity contribution in [2.24, 2.45) is 0 Å². The first-order valence-electron chi connectivity index (χ1n) is 9.15. The number of amides is 1. The Labute approximate surface area is 155 Å². The summed E-state index contributed by atoms with van der Waals surface area (Å²) in [5.74, 6) is 0.606. The zero-order valence-electron chi connectivity index (χ0n) is 15.7. The van der Waals surface area contributed by atoms with E-state index in [1.807, 2.05) is 45.0 Å². The zero-order chi connectivity index (χ0) is 18.9. The van der Waals surface area contributed by atoms with Crippen LogP contribution in [-0.2, 0) is 4.79 Å². The van der Waals surface area contributed by atoms with Gasteiger partial charge in [-0.1, -0.05) is 36.8 Å². The molecular weight excluding hydrogens is 326 g/mol. The summed E-state index contributed by atoms with van der Waals surface area (Å²) in [7, 11) is 0. The third-order valence-electron chi connectivity index (χ3n) is 4.29. The number of rotatable bonds is 9. The maximum atomic E-state index is 12.3. The van der Waals surface area contributed by atoms with E-state index in [1.165, 1.54) is 5.56 Å². The van der Waals surface area contributed by atoms with E-state index in [0.717, 1.165) is 17.7 Å². The van der Waals surface area contributed by atoms with Crippen molar-refractivity contribution in [3.05, 3.63) is 65.2 Å². The number of carbonyl (C=O) groups excluding carboxylic acids is 2.